The van der Waals surface area contributed by atoms with Gasteiger partial charge in [0.25, 0.3) is 0 Å². The molecule has 0 saturated carbocycles. The zero-order valence-electron chi connectivity index (χ0n) is 11.1. The van der Waals surface area contributed by atoms with Crippen molar-refractivity contribution in [2.75, 3.05) is 13.2 Å². The van der Waals surface area contributed by atoms with Crippen molar-refractivity contribution in [2.45, 2.75) is 65.2 Å². The fourth-order valence-corrected chi connectivity index (χ4v) is 2.38. The second kappa shape index (κ2) is 5.99. The van der Waals surface area contributed by atoms with Crippen LogP contribution >= 0.6 is 0 Å². The van der Waals surface area contributed by atoms with Crippen molar-refractivity contribution in [2.24, 2.45) is 5.41 Å². The van der Waals surface area contributed by atoms with E-state index in [9.17, 15) is 0 Å². The molecule has 3 nitrogen and oxygen atoms in total. The molecule has 1 rings (SSSR count). The van der Waals surface area contributed by atoms with Crippen molar-refractivity contribution in [3.63, 3.8) is 0 Å². The van der Waals surface area contributed by atoms with Crippen molar-refractivity contribution in [3.05, 3.63) is 0 Å². The Balaban J connectivity index is 2.31. The molecule has 0 aliphatic carbocycles. The molecule has 96 valence electrons. The molecule has 0 aromatic rings. The van der Waals surface area contributed by atoms with E-state index in [-0.39, 0.29) is 12.0 Å². The summed E-state index contributed by atoms with van der Waals surface area (Å²) in [5, 5.41) is 12.6. The number of hydrogen-bond acceptors (Lipinski definition) is 3. The monoisotopic (exact) mass is 229 g/mol. The molecule has 0 bridgehead atoms. The molecular weight excluding hydrogens is 202 g/mol. The standard InChI is InChI=1S/C13H27NO2/c1-10-7-12(8-11(2)16-10)14-9-13(3,4)5-6-15/h10-12,14-15H,5-9H2,1-4H3. The summed E-state index contributed by atoms with van der Waals surface area (Å²) >= 11 is 0. The molecule has 1 aliphatic rings. The predicted octanol–water partition coefficient (Wildman–Crippen LogP) is 1.94. The van der Waals surface area contributed by atoms with Crippen LogP contribution in [0.4, 0.5) is 0 Å². The highest BCUT2D eigenvalue weighted by Gasteiger charge is 2.26. The lowest BCUT2D eigenvalue weighted by atomic mass is 9.88. The Labute approximate surface area is 99.6 Å². The molecule has 2 unspecified atom stereocenters. The Morgan fingerprint density at radius 2 is 1.81 bits per heavy atom. The highest BCUT2D eigenvalue weighted by molar-refractivity contribution is 4.81. The van der Waals surface area contributed by atoms with Gasteiger partial charge in [0.15, 0.2) is 0 Å². The zero-order valence-corrected chi connectivity index (χ0v) is 11.1. The molecule has 3 heteroatoms. The van der Waals surface area contributed by atoms with Crippen LogP contribution in [-0.4, -0.2) is 36.5 Å². The van der Waals surface area contributed by atoms with E-state index in [1.165, 1.54) is 0 Å². The molecule has 1 fully saturated rings. The van der Waals surface area contributed by atoms with E-state index in [2.05, 4.69) is 33.0 Å². The first kappa shape index (κ1) is 13.9. The van der Waals surface area contributed by atoms with E-state index in [1.807, 2.05) is 0 Å². The average molecular weight is 229 g/mol. The van der Waals surface area contributed by atoms with Gasteiger partial charge in [0.1, 0.15) is 0 Å². The summed E-state index contributed by atoms with van der Waals surface area (Å²) in [5.74, 6) is 0. The topological polar surface area (TPSA) is 41.5 Å². The molecule has 0 aromatic carbocycles. The van der Waals surface area contributed by atoms with Crippen molar-refractivity contribution in [1.82, 2.24) is 5.32 Å². The molecule has 1 heterocycles. The van der Waals surface area contributed by atoms with E-state index >= 15 is 0 Å². The van der Waals surface area contributed by atoms with Crippen LogP contribution in [0.15, 0.2) is 0 Å². The second-order valence-electron chi connectivity index (χ2n) is 5.94. The van der Waals surface area contributed by atoms with Gasteiger partial charge in [0.2, 0.25) is 0 Å². The number of aliphatic hydroxyl groups excluding tert-OH is 1. The molecule has 16 heavy (non-hydrogen) atoms. The number of nitrogens with one attached hydrogen (secondary N) is 1. The van der Waals surface area contributed by atoms with Crippen LogP contribution in [0.2, 0.25) is 0 Å². The third kappa shape index (κ3) is 4.81. The summed E-state index contributed by atoms with van der Waals surface area (Å²) in [6.45, 7) is 9.92. The first-order valence-corrected chi connectivity index (χ1v) is 6.42. The fraction of sp³-hybridized carbons (Fsp3) is 1.00. The van der Waals surface area contributed by atoms with Gasteiger partial charge in [0, 0.05) is 19.2 Å². The molecule has 1 saturated heterocycles. The lowest BCUT2D eigenvalue weighted by Gasteiger charge is -2.35. The van der Waals surface area contributed by atoms with Crippen molar-refractivity contribution in [3.8, 4) is 0 Å². The van der Waals surface area contributed by atoms with Crippen LogP contribution in [0.5, 0.6) is 0 Å². The van der Waals surface area contributed by atoms with Crippen LogP contribution in [0.1, 0.15) is 47.0 Å². The van der Waals surface area contributed by atoms with Crippen LogP contribution in [0, 0.1) is 5.41 Å². The van der Waals surface area contributed by atoms with Gasteiger partial charge in [-0.25, -0.2) is 0 Å². The lowest BCUT2D eigenvalue weighted by molar-refractivity contribution is -0.0432. The third-order valence-electron chi connectivity index (χ3n) is 3.36. The Bertz CT molecular complexity index is 196. The first-order chi connectivity index (χ1) is 7.43. The van der Waals surface area contributed by atoms with E-state index < -0.39 is 0 Å². The van der Waals surface area contributed by atoms with Gasteiger partial charge in [-0.05, 0) is 38.5 Å². The van der Waals surface area contributed by atoms with E-state index in [1.54, 1.807) is 0 Å². The van der Waals surface area contributed by atoms with Crippen LogP contribution in [0.3, 0.4) is 0 Å². The van der Waals surface area contributed by atoms with Gasteiger partial charge < -0.3 is 15.2 Å². The highest BCUT2D eigenvalue weighted by Crippen LogP contribution is 2.22. The molecule has 0 radical (unpaired) electrons. The maximum absolute atomic E-state index is 8.98. The van der Waals surface area contributed by atoms with Crippen molar-refractivity contribution >= 4 is 0 Å². The molecule has 1 aliphatic heterocycles. The number of rotatable bonds is 5. The van der Waals surface area contributed by atoms with Gasteiger partial charge in [0.05, 0.1) is 12.2 Å². The van der Waals surface area contributed by atoms with Crippen LogP contribution in [0.25, 0.3) is 0 Å². The third-order valence-corrected chi connectivity index (χ3v) is 3.36. The highest BCUT2D eigenvalue weighted by atomic mass is 16.5. The Kier molecular flexibility index (Phi) is 5.22. The smallest absolute Gasteiger partial charge is 0.0565 e. The van der Waals surface area contributed by atoms with Gasteiger partial charge in [-0.1, -0.05) is 13.8 Å². The summed E-state index contributed by atoms with van der Waals surface area (Å²) in [5.41, 5.74) is 0.180. The minimum atomic E-state index is 0.180. The van der Waals surface area contributed by atoms with Gasteiger partial charge >= 0.3 is 0 Å². The summed E-state index contributed by atoms with van der Waals surface area (Å²) in [7, 11) is 0. The second-order valence-corrected chi connectivity index (χ2v) is 5.94. The van der Waals surface area contributed by atoms with Crippen molar-refractivity contribution < 1.29 is 9.84 Å². The first-order valence-electron chi connectivity index (χ1n) is 6.42. The largest absolute Gasteiger partial charge is 0.396 e. The van der Waals surface area contributed by atoms with Crippen molar-refractivity contribution in [1.29, 1.82) is 0 Å². The zero-order chi connectivity index (χ0) is 12.2. The average Bonchev–Trinajstić information content (AvgIpc) is 2.13. The maximum Gasteiger partial charge on any atom is 0.0565 e. The predicted molar refractivity (Wildman–Crippen MR) is 66.5 cm³/mol. The van der Waals surface area contributed by atoms with E-state index in [0.29, 0.717) is 18.2 Å². The molecule has 2 N–H and O–H groups in total. The number of ether oxygens (including phenoxy) is 1. The Hall–Kier alpha value is -0.120. The summed E-state index contributed by atoms with van der Waals surface area (Å²) < 4.78 is 5.72. The summed E-state index contributed by atoms with van der Waals surface area (Å²) in [4.78, 5) is 0. The SMILES string of the molecule is CC1CC(NCC(C)(C)CCO)CC(C)O1. The molecule has 0 amide bonds. The minimum Gasteiger partial charge on any atom is -0.396 e. The lowest BCUT2D eigenvalue weighted by Crippen LogP contribution is -2.44. The number of hydrogen-bond donors (Lipinski definition) is 2. The van der Waals surface area contributed by atoms with E-state index in [0.717, 1.165) is 25.8 Å². The molecule has 2 atom stereocenters. The Morgan fingerprint density at radius 1 is 1.25 bits per heavy atom. The summed E-state index contributed by atoms with van der Waals surface area (Å²) in [6, 6.07) is 0.566. The molecule has 0 aromatic heterocycles. The maximum atomic E-state index is 8.98. The van der Waals surface area contributed by atoms with Gasteiger partial charge in [-0.3, -0.25) is 0 Å². The van der Waals surface area contributed by atoms with Gasteiger partial charge in [-0.2, -0.15) is 0 Å². The number of aliphatic hydroxyl groups is 1. The Morgan fingerprint density at radius 3 is 2.31 bits per heavy atom. The van der Waals surface area contributed by atoms with Crippen LogP contribution in [-0.2, 0) is 4.74 Å². The molecule has 0 spiro atoms. The molecular formula is C13H27NO2. The summed E-state index contributed by atoms with van der Waals surface area (Å²) in [6.07, 6.45) is 3.78. The normalized spacial score (nSPS) is 31.7. The minimum absolute atomic E-state index is 0.180. The van der Waals surface area contributed by atoms with Gasteiger partial charge in [-0.15, -0.1) is 0 Å². The quantitative estimate of drug-likeness (QED) is 0.757. The van der Waals surface area contributed by atoms with Crippen LogP contribution < -0.4 is 5.32 Å². The van der Waals surface area contributed by atoms with E-state index in [4.69, 9.17) is 9.84 Å². The fourth-order valence-electron chi connectivity index (χ4n) is 2.38.